The number of carbonyl (C=O) groups is 2. The number of halogens is 1. The van der Waals surface area contributed by atoms with Gasteiger partial charge >= 0.3 is 11.9 Å². The van der Waals surface area contributed by atoms with Crippen LogP contribution in [0.4, 0.5) is 0 Å². The molecule has 0 amide bonds. The molecule has 3 aromatic carbocycles. The summed E-state index contributed by atoms with van der Waals surface area (Å²) in [5.74, 6) is -1.94. The maximum absolute atomic E-state index is 13.1. The fourth-order valence-corrected chi connectivity index (χ4v) is 5.16. The third-order valence-corrected chi connectivity index (χ3v) is 7.44. The van der Waals surface area contributed by atoms with Gasteiger partial charge in [-0.25, -0.2) is 9.59 Å². The van der Waals surface area contributed by atoms with E-state index in [4.69, 9.17) is 30.0 Å². The molecule has 1 aliphatic rings. The Balaban J connectivity index is 1.70. The molecule has 0 aromatic heterocycles. The minimum Gasteiger partial charge on any atom is -0.452 e. The highest BCUT2D eigenvalue weighted by Crippen LogP contribution is 2.31. The van der Waals surface area contributed by atoms with Gasteiger partial charge in [-0.3, -0.25) is 4.18 Å². The van der Waals surface area contributed by atoms with E-state index in [1.807, 2.05) is 0 Å². The number of benzene rings is 3. The van der Waals surface area contributed by atoms with Gasteiger partial charge < -0.3 is 19.3 Å². The van der Waals surface area contributed by atoms with E-state index in [9.17, 15) is 23.1 Å². The van der Waals surface area contributed by atoms with E-state index < -0.39 is 52.8 Å². The fraction of sp³-hybridized carbons (Fsp3) is 0.259. The van der Waals surface area contributed by atoms with Crippen molar-refractivity contribution in [2.24, 2.45) is 0 Å². The zero-order chi connectivity index (χ0) is 27.3. The van der Waals surface area contributed by atoms with E-state index in [1.54, 1.807) is 55.5 Å². The van der Waals surface area contributed by atoms with Crippen molar-refractivity contribution in [1.82, 2.24) is 0 Å². The number of aliphatic hydroxyl groups excluding tert-OH is 1. The topological polar surface area (TPSA) is 125 Å². The van der Waals surface area contributed by atoms with Gasteiger partial charge in [0, 0.05) is 0 Å². The summed E-state index contributed by atoms with van der Waals surface area (Å²) in [6.07, 6.45) is -7.87. The standard InChI is InChI=1S/C27H25ClO9S/c1-17-12-14-20(15-13-17)38(32,33)37-24-23(36-26(30)19-10-6-3-7-11-19)22(21(16-28)34-27(24)31)35-25(29)18-8-4-2-5-9-18/h2-15,21-24,27,31H,16H2,1H3/t21-,22-,23+,24-,27+/m1/s1. The molecule has 0 saturated carbocycles. The van der Waals surface area contributed by atoms with Gasteiger partial charge in [0.2, 0.25) is 0 Å². The van der Waals surface area contributed by atoms with Gasteiger partial charge in [0.25, 0.3) is 10.1 Å². The number of aryl methyl sites for hydroxylation is 1. The lowest BCUT2D eigenvalue weighted by Crippen LogP contribution is -2.62. The number of esters is 2. The minimum absolute atomic E-state index is 0.143. The van der Waals surface area contributed by atoms with Crippen molar-refractivity contribution in [3.05, 3.63) is 102 Å². The summed E-state index contributed by atoms with van der Waals surface area (Å²) < 4.78 is 48.3. The lowest BCUT2D eigenvalue weighted by Gasteiger charge is -2.42. The Morgan fingerprint density at radius 1 is 0.816 bits per heavy atom. The van der Waals surface area contributed by atoms with E-state index in [1.165, 1.54) is 36.4 Å². The quantitative estimate of drug-likeness (QED) is 0.250. The largest absolute Gasteiger partial charge is 0.452 e. The van der Waals surface area contributed by atoms with Gasteiger partial charge in [-0.15, -0.1) is 11.6 Å². The summed E-state index contributed by atoms with van der Waals surface area (Å²) in [4.78, 5) is 25.7. The first-order valence-corrected chi connectivity index (χ1v) is 13.6. The number of hydrogen-bond acceptors (Lipinski definition) is 9. The van der Waals surface area contributed by atoms with Crippen molar-refractivity contribution >= 4 is 33.7 Å². The predicted octanol–water partition coefficient (Wildman–Crippen LogP) is 3.48. The first-order valence-electron chi connectivity index (χ1n) is 11.6. The molecule has 1 saturated heterocycles. The highest BCUT2D eigenvalue weighted by Gasteiger charge is 2.52. The van der Waals surface area contributed by atoms with Gasteiger partial charge in [0.15, 0.2) is 24.6 Å². The van der Waals surface area contributed by atoms with Gasteiger partial charge in [0.05, 0.1) is 21.9 Å². The summed E-state index contributed by atoms with van der Waals surface area (Å²) in [5.41, 5.74) is 1.14. The Hall–Kier alpha value is -3.28. The molecule has 38 heavy (non-hydrogen) atoms. The van der Waals surface area contributed by atoms with E-state index in [2.05, 4.69) is 0 Å². The Kier molecular flexibility index (Phi) is 8.80. The highest BCUT2D eigenvalue weighted by atomic mass is 35.5. The van der Waals surface area contributed by atoms with Crippen molar-refractivity contribution in [3.8, 4) is 0 Å². The van der Waals surface area contributed by atoms with Crippen LogP contribution in [0.2, 0.25) is 0 Å². The smallest absolute Gasteiger partial charge is 0.338 e. The second kappa shape index (κ2) is 12.1. The Labute approximate surface area is 225 Å². The van der Waals surface area contributed by atoms with Crippen molar-refractivity contribution in [3.63, 3.8) is 0 Å². The lowest BCUT2D eigenvalue weighted by atomic mass is 9.99. The minimum atomic E-state index is -4.48. The molecule has 0 aliphatic carbocycles. The molecular formula is C27H25ClO9S. The molecule has 0 unspecified atom stereocenters. The van der Waals surface area contributed by atoms with Gasteiger partial charge in [-0.1, -0.05) is 54.1 Å². The lowest BCUT2D eigenvalue weighted by molar-refractivity contribution is -0.268. The van der Waals surface area contributed by atoms with Gasteiger partial charge in [-0.05, 0) is 43.3 Å². The maximum Gasteiger partial charge on any atom is 0.338 e. The van der Waals surface area contributed by atoms with Crippen molar-refractivity contribution in [2.75, 3.05) is 5.88 Å². The van der Waals surface area contributed by atoms with Crippen LogP contribution < -0.4 is 0 Å². The second-order valence-corrected chi connectivity index (χ2v) is 10.4. The molecule has 5 atom stereocenters. The Bertz CT molecular complexity index is 1350. The third-order valence-electron chi connectivity index (χ3n) is 5.81. The number of aliphatic hydroxyl groups is 1. The van der Waals surface area contributed by atoms with Crippen molar-refractivity contribution in [1.29, 1.82) is 0 Å². The van der Waals surface area contributed by atoms with Gasteiger partial charge in [-0.2, -0.15) is 8.42 Å². The summed E-state index contributed by atoms with van der Waals surface area (Å²) in [7, 11) is -4.48. The van der Waals surface area contributed by atoms with Crippen LogP contribution in [0.15, 0.2) is 89.8 Å². The molecule has 1 aliphatic heterocycles. The first-order chi connectivity index (χ1) is 18.2. The summed E-state index contributed by atoms with van der Waals surface area (Å²) in [6, 6.07) is 21.7. The molecule has 0 radical (unpaired) electrons. The van der Waals surface area contributed by atoms with Crippen LogP contribution in [0.3, 0.4) is 0 Å². The number of rotatable bonds is 8. The average Bonchev–Trinajstić information content (AvgIpc) is 2.93. The molecule has 0 spiro atoms. The predicted molar refractivity (Wildman–Crippen MR) is 136 cm³/mol. The molecule has 11 heteroatoms. The molecule has 4 rings (SSSR count). The van der Waals surface area contributed by atoms with Crippen LogP contribution >= 0.6 is 11.6 Å². The molecule has 1 heterocycles. The van der Waals surface area contributed by atoms with Gasteiger partial charge in [0.1, 0.15) is 6.10 Å². The summed E-state index contributed by atoms with van der Waals surface area (Å²) in [5, 5.41) is 10.7. The normalized spacial score (nSPS) is 23.4. The van der Waals surface area contributed by atoms with Crippen LogP contribution in [0.5, 0.6) is 0 Å². The van der Waals surface area contributed by atoms with E-state index in [0.717, 1.165) is 5.56 Å². The molecule has 200 valence electrons. The van der Waals surface area contributed by atoms with Crippen LogP contribution in [0.25, 0.3) is 0 Å². The highest BCUT2D eigenvalue weighted by molar-refractivity contribution is 7.86. The molecule has 1 fully saturated rings. The van der Waals surface area contributed by atoms with E-state index in [0.29, 0.717) is 0 Å². The van der Waals surface area contributed by atoms with Crippen LogP contribution in [0.1, 0.15) is 26.3 Å². The first kappa shape index (κ1) is 27.7. The van der Waals surface area contributed by atoms with E-state index in [-0.39, 0.29) is 21.9 Å². The Morgan fingerprint density at radius 3 is 1.82 bits per heavy atom. The van der Waals surface area contributed by atoms with Crippen LogP contribution in [-0.4, -0.2) is 62.0 Å². The molecule has 9 nitrogen and oxygen atoms in total. The van der Waals surface area contributed by atoms with Crippen LogP contribution in [-0.2, 0) is 28.5 Å². The maximum atomic E-state index is 13.1. The molecule has 3 aromatic rings. The van der Waals surface area contributed by atoms with Crippen molar-refractivity contribution < 1.29 is 41.5 Å². The fourth-order valence-electron chi connectivity index (χ4n) is 3.84. The molecule has 0 bridgehead atoms. The average molecular weight is 561 g/mol. The SMILES string of the molecule is Cc1ccc(S(=O)(=O)O[C@@H]2[C@@H](OC(=O)c3ccccc3)[C@H](OC(=O)c3ccccc3)[C@@H](CCl)O[C@@H]2O)cc1. The summed E-state index contributed by atoms with van der Waals surface area (Å²) >= 11 is 6.05. The second-order valence-electron chi connectivity index (χ2n) is 8.52. The number of carbonyl (C=O) groups excluding carboxylic acids is 2. The number of alkyl halides is 1. The summed E-state index contributed by atoms with van der Waals surface area (Å²) in [6.45, 7) is 1.78. The number of hydrogen-bond donors (Lipinski definition) is 1. The van der Waals surface area contributed by atoms with Crippen LogP contribution in [0, 0.1) is 6.92 Å². The van der Waals surface area contributed by atoms with Crippen molar-refractivity contribution in [2.45, 2.75) is 42.5 Å². The van der Waals surface area contributed by atoms with E-state index >= 15 is 0 Å². The molecule has 1 N–H and O–H groups in total. The monoisotopic (exact) mass is 560 g/mol. The Morgan fingerprint density at radius 2 is 1.32 bits per heavy atom. The zero-order valence-electron chi connectivity index (χ0n) is 20.2. The number of ether oxygens (including phenoxy) is 3. The zero-order valence-corrected chi connectivity index (χ0v) is 21.7. The molecular weight excluding hydrogens is 536 g/mol. The third kappa shape index (κ3) is 6.40.